The van der Waals surface area contributed by atoms with Gasteiger partial charge in [-0.2, -0.15) is 0 Å². The summed E-state index contributed by atoms with van der Waals surface area (Å²) >= 11 is 0. The van der Waals surface area contributed by atoms with Crippen LogP contribution in [0.2, 0.25) is 0 Å². The molecular weight excluding hydrogens is 206 g/mol. The van der Waals surface area contributed by atoms with Crippen molar-refractivity contribution < 1.29 is 14.3 Å². The summed E-state index contributed by atoms with van der Waals surface area (Å²) in [7, 11) is 0. The Morgan fingerprint density at radius 1 is 1.25 bits per heavy atom. The van der Waals surface area contributed by atoms with Crippen molar-refractivity contribution in [2.75, 3.05) is 0 Å². The highest BCUT2D eigenvalue weighted by atomic mass is 16.6. The molecule has 0 aliphatic carbocycles. The SMILES string of the molecule is O=C1CCC=CN1C(=O)Oc1ccccc1. The summed E-state index contributed by atoms with van der Waals surface area (Å²) in [6, 6.07) is 8.67. The van der Waals surface area contributed by atoms with Gasteiger partial charge in [0.25, 0.3) is 0 Å². The van der Waals surface area contributed by atoms with Crippen molar-refractivity contribution in [2.24, 2.45) is 0 Å². The van der Waals surface area contributed by atoms with Gasteiger partial charge in [0, 0.05) is 12.6 Å². The van der Waals surface area contributed by atoms with E-state index < -0.39 is 6.09 Å². The number of carbonyl (C=O) groups excluding carboxylic acids is 2. The van der Waals surface area contributed by atoms with E-state index in [0.717, 1.165) is 4.90 Å². The van der Waals surface area contributed by atoms with Crippen LogP contribution in [0, 0.1) is 0 Å². The summed E-state index contributed by atoms with van der Waals surface area (Å²) in [4.78, 5) is 24.0. The third-order valence-corrected chi connectivity index (χ3v) is 2.19. The van der Waals surface area contributed by atoms with Crippen molar-refractivity contribution in [3.05, 3.63) is 42.6 Å². The maximum Gasteiger partial charge on any atom is 0.426 e. The summed E-state index contributed by atoms with van der Waals surface area (Å²) in [5.41, 5.74) is 0. The van der Waals surface area contributed by atoms with Crippen molar-refractivity contribution in [3.63, 3.8) is 0 Å². The second-order valence-corrected chi connectivity index (χ2v) is 3.37. The Labute approximate surface area is 93.1 Å². The van der Waals surface area contributed by atoms with Crippen LogP contribution in [0.25, 0.3) is 0 Å². The van der Waals surface area contributed by atoms with Gasteiger partial charge in [0.2, 0.25) is 5.91 Å². The average molecular weight is 217 g/mol. The average Bonchev–Trinajstić information content (AvgIpc) is 2.31. The van der Waals surface area contributed by atoms with Gasteiger partial charge in [-0.15, -0.1) is 0 Å². The highest BCUT2D eigenvalue weighted by Gasteiger charge is 2.22. The van der Waals surface area contributed by atoms with Crippen molar-refractivity contribution in [2.45, 2.75) is 12.8 Å². The van der Waals surface area contributed by atoms with Gasteiger partial charge in [-0.25, -0.2) is 9.69 Å². The molecule has 0 bridgehead atoms. The molecule has 1 aromatic carbocycles. The Morgan fingerprint density at radius 2 is 2.00 bits per heavy atom. The molecule has 0 atom stereocenters. The van der Waals surface area contributed by atoms with Crippen molar-refractivity contribution in [3.8, 4) is 5.75 Å². The molecule has 4 nitrogen and oxygen atoms in total. The topological polar surface area (TPSA) is 46.6 Å². The van der Waals surface area contributed by atoms with Crippen LogP contribution in [0.5, 0.6) is 5.75 Å². The number of hydrogen-bond acceptors (Lipinski definition) is 3. The van der Waals surface area contributed by atoms with Crippen molar-refractivity contribution in [1.29, 1.82) is 0 Å². The van der Waals surface area contributed by atoms with Gasteiger partial charge in [-0.1, -0.05) is 24.3 Å². The quantitative estimate of drug-likeness (QED) is 0.725. The normalized spacial score (nSPS) is 15.0. The van der Waals surface area contributed by atoms with E-state index in [2.05, 4.69) is 0 Å². The van der Waals surface area contributed by atoms with Gasteiger partial charge in [-0.05, 0) is 18.6 Å². The lowest BCUT2D eigenvalue weighted by molar-refractivity contribution is -0.127. The van der Waals surface area contributed by atoms with E-state index in [-0.39, 0.29) is 5.91 Å². The molecule has 16 heavy (non-hydrogen) atoms. The van der Waals surface area contributed by atoms with Crippen LogP contribution < -0.4 is 4.74 Å². The van der Waals surface area contributed by atoms with Crippen LogP contribution >= 0.6 is 0 Å². The lowest BCUT2D eigenvalue weighted by Crippen LogP contribution is -2.35. The fourth-order valence-corrected chi connectivity index (χ4v) is 1.39. The standard InChI is InChI=1S/C12H11NO3/c14-11-8-4-5-9-13(11)12(15)16-10-6-2-1-3-7-10/h1-3,5-7,9H,4,8H2. The lowest BCUT2D eigenvalue weighted by atomic mass is 10.2. The minimum atomic E-state index is -0.660. The van der Waals surface area contributed by atoms with Crippen LogP contribution in [0.3, 0.4) is 0 Å². The molecule has 1 aliphatic heterocycles. The zero-order valence-electron chi connectivity index (χ0n) is 8.63. The Bertz CT molecular complexity index is 425. The Hall–Kier alpha value is -2.10. The highest BCUT2D eigenvalue weighted by molar-refractivity contribution is 5.94. The van der Waals surface area contributed by atoms with Gasteiger partial charge in [0.15, 0.2) is 0 Å². The third-order valence-electron chi connectivity index (χ3n) is 2.19. The van der Waals surface area contributed by atoms with Crippen LogP contribution in [-0.2, 0) is 4.79 Å². The summed E-state index contributed by atoms with van der Waals surface area (Å²) in [6.45, 7) is 0. The minimum Gasteiger partial charge on any atom is -0.410 e. The van der Waals surface area contributed by atoms with Crippen molar-refractivity contribution >= 4 is 12.0 Å². The predicted molar refractivity (Wildman–Crippen MR) is 57.7 cm³/mol. The van der Waals surface area contributed by atoms with Crippen LogP contribution in [0.1, 0.15) is 12.8 Å². The molecule has 1 aromatic rings. The molecule has 1 aliphatic rings. The Morgan fingerprint density at radius 3 is 2.69 bits per heavy atom. The molecule has 4 heteroatoms. The molecular formula is C12H11NO3. The molecule has 0 fully saturated rings. The summed E-state index contributed by atoms with van der Waals surface area (Å²) in [5.74, 6) is 0.197. The second-order valence-electron chi connectivity index (χ2n) is 3.37. The van der Waals surface area contributed by atoms with E-state index in [9.17, 15) is 9.59 Å². The first kappa shape index (κ1) is 10.4. The number of amides is 2. The van der Waals surface area contributed by atoms with Crippen molar-refractivity contribution in [1.82, 2.24) is 4.90 Å². The molecule has 82 valence electrons. The Balaban J connectivity index is 2.06. The molecule has 2 amide bonds. The largest absolute Gasteiger partial charge is 0.426 e. The summed E-state index contributed by atoms with van der Waals surface area (Å²) in [5, 5.41) is 0. The van der Waals surface area contributed by atoms with Crippen LogP contribution in [0.15, 0.2) is 42.6 Å². The molecule has 0 saturated carbocycles. The number of ether oxygens (including phenoxy) is 1. The first-order valence-corrected chi connectivity index (χ1v) is 5.03. The van der Waals surface area contributed by atoms with Gasteiger partial charge in [-0.3, -0.25) is 4.79 Å². The number of nitrogens with zero attached hydrogens (tertiary/aromatic N) is 1. The smallest absolute Gasteiger partial charge is 0.410 e. The lowest BCUT2D eigenvalue weighted by Gasteiger charge is -2.18. The van der Waals surface area contributed by atoms with E-state index in [0.29, 0.717) is 18.6 Å². The number of hydrogen-bond donors (Lipinski definition) is 0. The number of allylic oxidation sites excluding steroid dienone is 1. The van der Waals surface area contributed by atoms with Crippen LogP contribution in [0.4, 0.5) is 4.79 Å². The number of rotatable bonds is 1. The molecule has 0 saturated heterocycles. The van der Waals surface area contributed by atoms with E-state index in [4.69, 9.17) is 4.74 Å². The predicted octanol–water partition coefficient (Wildman–Crippen LogP) is 2.32. The van der Waals surface area contributed by atoms with Gasteiger partial charge in [0.1, 0.15) is 5.75 Å². The maximum atomic E-state index is 11.6. The zero-order valence-corrected chi connectivity index (χ0v) is 8.63. The van der Waals surface area contributed by atoms with E-state index in [1.807, 2.05) is 6.07 Å². The highest BCUT2D eigenvalue weighted by Crippen LogP contribution is 2.13. The van der Waals surface area contributed by atoms with Crippen LogP contribution in [-0.4, -0.2) is 16.9 Å². The number of benzene rings is 1. The fourth-order valence-electron chi connectivity index (χ4n) is 1.39. The maximum absolute atomic E-state index is 11.6. The van der Waals surface area contributed by atoms with E-state index in [1.54, 1.807) is 30.3 Å². The number of para-hydroxylation sites is 1. The molecule has 0 spiro atoms. The minimum absolute atomic E-state index is 0.233. The third kappa shape index (κ3) is 2.28. The molecule has 0 unspecified atom stereocenters. The number of imide groups is 1. The van der Waals surface area contributed by atoms with Gasteiger partial charge < -0.3 is 4.74 Å². The summed E-state index contributed by atoms with van der Waals surface area (Å²) in [6.07, 6.45) is 3.59. The second kappa shape index (κ2) is 4.61. The molecule has 0 N–H and O–H groups in total. The van der Waals surface area contributed by atoms with E-state index >= 15 is 0 Å². The summed E-state index contributed by atoms with van der Waals surface area (Å²) < 4.78 is 5.04. The monoisotopic (exact) mass is 217 g/mol. The zero-order chi connectivity index (χ0) is 11.4. The Kier molecular flexibility index (Phi) is 3.00. The number of carbonyl (C=O) groups is 2. The molecule has 0 radical (unpaired) electrons. The molecule has 0 aromatic heterocycles. The first-order chi connectivity index (χ1) is 7.77. The van der Waals surface area contributed by atoms with Gasteiger partial charge >= 0.3 is 6.09 Å². The molecule has 1 heterocycles. The molecule has 2 rings (SSSR count). The first-order valence-electron chi connectivity index (χ1n) is 5.03. The van der Waals surface area contributed by atoms with E-state index in [1.165, 1.54) is 6.20 Å². The fraction of sp³-hybridized carbons (Fsp3) is 0.167. The van der Waals surface area contributed by atoms with Gasteiger partial charge in [0.05, 0.1) is 0 Å².